The maximum Gasteiger partial charge on any atom is 0.295 e. The van der Waals surface area contributed by atoms with Crippen LogP contribution >= 0.6 is 12.0 Å². The van der Waals surface area contributed by atoms with E-state index in [2.05, 4.69) is 20.0 Å². The van der Waals surface area contributed by atoms with Crippen molar-refractivity contribution < 1.29 is 32.4 Å². The van der Waals surface area contributed by atoms with E-state index in [0.717, 1.165) is 0 Å². The van der Waals surface area contributed by atoms with Crippen molar-refractivity contribution in [1.82, 2.24) is 5.32 Å². The van der Waals surface area contributed by atoms with Gasteiger partial charge in [-0.15, -0.1) is 4.33 Å². The van der Waals surface area contributed by atoms with Crippen LogP contribution in [0.15, 0.2) is 40.1 Å². The topological polar surface area (TPSA) is 134 Å². The highest BCUT2D eigenvalue weighted by Crippen LogP contribution is 2.32. The third-order valence-electron chi connectivity index (χ3n) is 3.29. The second-order valence-electron chi connectivity index (χ2n) is 4.91. The second-order valence-corrected chi connectivity index (χ2v) is 7.07. The van der Waals surface area contributed by atoms with Gasteiger partial charge in [0, 0.05) is 36.0 Å². The van der Waals surface area contributed by atoms with E-state index in [4.69, 9.17) is 5.26 Å². The van der Waals surface area contributed by atoms with Gasteiger partial charge in [0.1, 0.15) is 4.90 Å². The predicted molar refractivity (Wildman–Crippen MR) is 91.6 cm³/mol. The normalized spacial score (nSPS) is 11.5. The van der Waals surface area contributed by atoms with E-state index in [0.29, 0.717) is 35.0 Å². The van der Waals surface area contributed by atoms with Crippen LogP contribution in [0.5, 0.6) is 0 Å². The van der Waals surface area contributed by atoms with Crippen LogP contribution in [0.4, 0.5) is 5.69 Å². The lowest BCUT2D eigenvalue weighted by molar-refractivity contribution is -0.432. The van der Waals surface area contributed by atoms with Crippen LogP contribution < -0.4 is 10.6 Å². The Balaban J connectivity index is 2.36. The minimum Gasteiger partial charge on any atom is -0.385 e. The summed E-state index contributed by atoms with van der Waals surface area (Å²) >= 11 is 0.575. The summed E-state index contributed by atoms with van der Waals surface area (Å²) in [6.07, 6.45) is 0.280. The maximum absolute atomic E-state index is 11.6. The van der Waals surface area contributed by atoms with Crippen molar-refractivity contribution in [3.8, 4) is 0 Å². The Kier molecular flexibility index (Phi) is 6.58. The fourth-order valence-electron chi connectivity index (χ4n) is 2.18. The van der Waals surface area contributed by atoms with E-state index >= 15 is 0 Å². The molecular weight excluding hydrogens is 372 g/mol. The molecule has 0 heterocycles. The average Bonchev–Trinajstić information content (AvgIpc) is 2.57. The standard InChI is InChI=1S/C14H16N2O7S2/c1-15-14(17)4-5-16-10-2-3-12-9(6-10)7-11(24-23-22-18)8-13(12)25(19,20)21/h2-3,6-8,16,18H,4-5H2,1H3,(H,15,17)(H,19,20,21). The number of anilines is 1. The van der Waals surface area contributed by atoms with Crippen molar-refractivity contribution in [3.63, 3.8) is 0 Å². The zero-order valence-corrected chi connectivity index (χ0v) is 14.7. The van der Waals surface area contributed by atoms with E-state index in [9.17, 15) is 17.8 Å². The van der Waals surface area contributed by atoms with Crippen LogP contribution in [-0.4, -0.2) is 37.7 Å². The van der Waals surface area contributed by atoms with Crippen LogP contribution in [0.1, 0.15) is 6.42 Å². The number of rotatable bonds is 8. The molecule has 0 aliphatic heterocycles. The molecule has 0 bridgehead atoms. The molecule has 0 fully saturated rings. The largest absolute Gasteiger partial charge is 0.385 e. The van der Waals surface area contributed by atoms with Crippen molar-refractivity contribution in [2.75, 3.05) is 18.9 Å². The van der Waals surface area contributed by atoms with Gasteiger partial charge >= 0.3 is 0 Å². The smallest absolute Gasteiger partial charge is 0.295 e. The summed E-state index contributed by atoms with van der Waals surface area (Å²) in [5, 5.41) is 18.1. The summed E-state index contributed by atoms with van der Waals surface area (Å²) < 4.78 is 36.9. The summed E-state index contributed by atoms with van der Waals surface area (Å²) in [6.45, 7) is 0.395. The predicted octanol–water partition coefficient (Wildman–Crippen LogP) is 2.06. The first kappa shape index (κ1) is 19.4. The van der Waals surface area contributed by atoms with Gasteiger partial charge in [0.2, 0.25) is 5.91 Å². The molecule has 0 atom stereocenters. The molecule has 2 rings (SSSR count). The summed E-state index contributed by atoms with van der Waals surface area (Å²) in [7, 11) is -2.92. The molecule has 0 aliphatic rings. The Labute approximate surface area is 148 Å². The van der Waals surface area contributed by atoms with Crippen LogP contribution in [-0.2, 0) is 24.3 Å². The molecule has 0 aromatic heterocycles. The molecule has 9 nitrogen and oxygen atoms in total. The molecule has 25 heavy (non-hydrogen) atoms. The molecule has 0 saturated heterocycles. The zero-order chi connectivity index (χ0) is 18.4. The lowest BCUT2D eigenvalue weighted by Crippen LogP contribution is -2.20. The van der Waals surface area contributed by atoms with E-state index in [1.54, 1.807) is 31.3 Å². The Morgan fingerprint density at radius 1 is 1.28 bits per heavy atom. The van der Waals surface area contributed by atoms with Gasteiger partial charge < -0.3 is 10.6 Å². The number of benzene rings is 2. The van der Waals surface area contributed by atoms with E-state index < -0.39 is 10.1 Å². The fraction of sp³-hybridized carbons (Fsp3) is 0.214. The molecule has 0 aliphatic carbocycles. The Hall–Kier alpha value is -1.89. The van der Waals surface area contributed by atoms with Crippen LogP contribution in [0.2, 0.25) is 0 Å². The number of nitrogens with one attached hydrogen (secondary N) is 2. The zero-order valence-electron chi connectivity index (χ0n) is 13.1. The summed E-state index contributed by atoms with van der Waals surface area (Å²) in [4.78, 5) is 11.2. The SMILES string of the molecule is CNC(=O)CCNc1ccc2c(S(=O)(=O)O)cc(SOOO)cc2c1. The molecule has 2 aromatic rings. The molecule has 1 amide bonds. The number of carbonyl (C=O) groups is 1. The van der Waals surface area contributed by atoms with Crippen molar-refractivity contribution in [1.29, 1.82) is 0 Å². The highest BCUT2D eigenvalue weighted by molar-refractivity contribution is 7.94. The Morgan fingerprint density at radius 3 is 2.68 bits per heavy atom. The Morgan fingerprint density at radius 2 is 2.04 bits per heavy atom. The summed E-state index contributed by atoms with van der Waals surface area (Å²) in [5.41, 5.74) is 0.666. The third kappa shape index (κ3) is 5.29. The number of carbonyl (C=O) groups excluding carboxylic acids is 1. The first-order valence-corrected chi connectivity index (χ1v) is 9.18. The molecule has 0 unspecified atom stereocenters. The third-order valence-corrected chi connectivity index (χ3v) is 4.74. The Bertz CT molecular complexity index is 871. The summed E-state index contributed by atoms with van der Waals surface area (Å²) in [6, 6.07) is 7.63. The van der Waals surface area contributed by atoms with Crippen LogP contribution in [0.3, 0.4) is 0 Å². The van der Waals surface area contributed by atoms with Gasteiger partial charge in [-0.25, -0.2) is 5.26 Å². The van der Waals surface area contributed by atoms with E-state index in [1.807, 2.05) is 0 Å². The molecule has 0 saturated carbocycles. The number of hydrogen-bond acceptors (Lipinski definition) is 8. The minimum atomic E-state index is -4.47. The second kappa shape index (κ2) is 8.47. The lowest BCUT2D eigenvalue weighted by Gasteiger charge is -2.10. The van der Waals surface area contributed by atoms with Crippen LogP contribution in [0, 0.1) is 0 Å². The average molecular weight is 388 g/mol. The molecule has 0 radical (unpaired) electrons. The molecule has 2 aromatic carbocycles. The van der Waals surface area contributed by atoms with Crippen molar-refractivity contribution in [2.45, 2.75) is 16.2 Å². The molecule has 4 N–H and O–H groups in total. The first-order valence-electron chi connectivity index (χ1n) is 6.99. The van der Waals surface area contributed by atoms with Gasteiger partial charge in [-0.2, -0.15) is 8.42 Å². The fourth-order valence-corrected chi connectivity index (χ4v) is 3.44. The van der Waals surface area contributed by atoms with Crippen molar-refractivity contribution in [3.05, 3.63) is 30.3 Å². The number of fused-ring (bicyclic) bond motifs is 1. The molecule has 11 heteroatoms. The van der Waals surface area contributed by atoms with Crippen molar-refractivity contribution >= 4 is 44.5 Å². The monoisotopic (exact) mass is 388 g/mol. The van der Waals surface area contributed by atoms with Gasteiger partial charge in [0.25, 0.3) is 10.1 Å². The van der Waals surface area contributed by atoms with Gasteiger partial charge in [0.05, 0.1) is 12.0 Å². The highest BCUT2D eigenvalue weighted by Gasteiger charge is 2.16. The van der Waals surface area contributed by atoms with Crippen LogP contribution in [0.25, 0.3) is 10.8 Å². The van der Waals surface area contributed by atoms with Gasteiger partial charge in [-0.05, 0) is 29.7 Å². The molecular formula is C14H16N2O7S2. The summed E-state index contributed by atoms with van der Waals surface area (Å²) in [5.74, 6) is -0.109. The molecule has 136 valence electrons. The highest BCUT2D eigenvalue weighted by atomic mass is 32.2. The minimum absolute atomic E-state index is 0.109. The molecule has 0 spiro atoms. The van der Waals surface area contributed by atoms with Crippen molar-refractivity contribution in [2.24, 2.45) is 0 Å². The lowest BCUT2D eigenvalue weighted by atomic mass is 10.1. The quantitative estimate of drug-likeness (QED) is 0.232. The van der Waals surface area contributed by atoms with E-state index in [1.165, 1.54) is 6.07 Å². The number of amides is 1. The maximum atomic E-state index is 11.6. The van der Waals surface area contributed by atoms with Gasteiger partial charge in [0.15, 0.2) is 0 Å². The van der Waals surface area contributed by atoms with Gasteiger partial charge in [-0.1, -0.05) is 11.1 Å². The number of hydrogen-bond donors (Lipinski definition) is 4. The van der Waals surface area contributed by atoms with Gasteiger partial charge in [-0.3, -0.25) is 9.35 Å². The first-order chi connectivity index (χ1) is 11.8. The van der Waals surface area contributed by atoms with E-state index in [-0.39, 0.29) is 22.1 Å².